The van der Waals surface area contributed by atoms with Gasteiger partial charge in [0, 0.05) is 18.4 Å². The first-order valence-corrected chi connectivity index (χ1v) is 5.93. The summed E-state index contributed by atoms with van der Waals surface area (Å²) in [5, 5.41) is 3.93. The van der Waals surface area contributed by atoms with Gasteiger partial charge in [-0.05, 0) is 20.3 Å². The molecule has 0 aromatic carbocycles. The molecule has 0 aliphatic carbocycles. The van der Waals surface area contributed by atoms with Gasteiger partial charge in [-0.3, -0.25) is 4.79 Å². The summed E-state index contributed by atoms with van der Waals surface area (Å²) in [6, 6.07) is 0. The highest BCUT2D eigenvalue weighted by atomic mass is 16.5. The quantitative estimate of drug-likeness (QED) is 0.562. The van der Waals surface area contributed by atoms with E-state index in [1.165, 1.54) is 4.68 Å². The monoisotopic (exact) mass is 254 g/mol. The lowest BCUT2D eigenvalue weighted by Gasteiger charge is -2.09. The third-order valence-corrected chi connectivity index (χ3v) is 2.19. The summed E-state index contributed by atoms with van der Waals surface area (Å²) in [5.74, 6) is -0.699. The first kappa shape index (κ1) is 14.4. The molecule has 0 amide bonds. The van der Waals surface area contributed by atoms with Crippen molar-refractivity contribution in [3.05, 3.63) is 27.7 Å². The number of aromatic nitrogens is 2. The largest absolute Gasteiger partial charge is 0.461 e. The van der Waals surface area contributed by atoms with Crippen molar-refractivity contribution in [3.8, 4) is 0 Å². The predicted octanol–water partition coefficient (Wildman–Crippen LogP) is 1.11. The van der Waals surface area contributed by atoms with Crippen molar-refractivity contribution < 1.29 is 14.3 Å². The molecule has 1 aromatic rings. The van der Waals surface area contributed by atoms with Crippen molar-refractivity contribution in [2.45, 2.75) is 33.9 Å². The maximum Gasteiger partial charge on any atom is 0.362 e. The molecule has 0 N–H and O–H groups in total. The van der Waals surface area contributed by atoms with Crippen LogP contribution in [0, 0.1) is 6.92 Å². The SMILES string of the molecule is CCCOCn1cc(C)c(=O)c(C(=O)OCC)n1. The number of hydrogen-bond acceptors (Lipinski definition) is 5. The second kappa shape index (κ2) is 6.90. The molecule has 1 heterocycles. The van der Waals surface area contributed by atoms with E-state index in [1.54, 1.807) is 20.0 Å². The van der Waals surface area contributed by atoms with E-state index in [0.29, 0.717) is 12.2 Å². The van der Waals surface area contributed by atoms with Crippen LogP contribution in [0.2, 0.25) is 0 Å². The molecule has 0 aliphatic heterocycles. The van der Waals surface area contributed by atoms with Gasteiger partial charge in [0.05, 0.1) is 6.61 Å². The topological polar surface area (TPSA) is 70.4 Å². The number of aryl methyl sites for hydroxylation is 1. The Morgan fingerprint density at radius 2 is 2.17 bits per heavy atom. The zero-order chi connectivity index (χ0) is 13.5. The lowest BCUT2D eigenvalue weighted by Crippen LogP contribution is -2.26. The van der Waals surface area contributed by atoms with Crippen LogP contribution in [0.1, 0.15) is 36.3 Å². The molecule has 0 aliphatic rings. The van der Waals surface area contributed by atoms with E-state index in [0.717, 1.165) is 6.42 Å². The Bertz CT molecular complexity index is 468. The number of nitrogens with zero attached hydrogens (tertiary/aromatic N) is 2. The zero-order valence-electron chi connectivity index (χ0n) is 10.9. The standard InChI is InChI=1S/C12H18N2O4/c1-4-6-17-8-14-7-9(3)11(15)10(13-14)12(16)18-5-2/h7H,4-6,8H2,1-3H3. The summed E-state index contributed by atoms with van der Waals surface area (Å²) in [4.78, 5) is 23.3. The van der Waals surface area contributed by atoms with Crippen LogP contribution in [-0.2, 0) is 16.2 Å². The van der Waals surface area contributed by atoms with Crippen LogP contribution >= 0.6 is 0 Å². The second-order valence-corrected chi connectivity index (χ2v) is 3.79. The third-order valence-electron chi connectivity index (χ3n) is 2.19. The van der Waals surface area contributed by atoms with Crippen molar-refractivity contribution in [2.24, 2.45) is 0 Å². The van der Waals surface area contributed by atoms with Gasteiger partial charge in [-0.25, -0.2) is 9.48 Å². The van der Waals surface area contributed by atoms with Gasteiger partial charge in [-0.1, -0.05) is 6.92 Å². The first-order chi connectivity index (χ1) is 8.60. The highest BCUT2D eigenvalue weighted by Crippen LogP contribution is 1.97. The molecule has 0 bridgehead atoms. The third kappa shape index (κ3) is 3.66. The van der Waals surface area contributed by atoms with Gasteiger partial charge in [0.25, 0.3) is 0 Å². The minimum absolute atomic E-state index is 0.197. The van der Waals surface area contributed by atoms with Gasteiger partial charge < -0.3 is 9.47 Å². The summed E-state index contributed by atoms with van der Waals surface area (Å²) < 4.78 is 11.5. The molecule has 6 nitrogen and oxygen atoms in total. The first-order valence-electron chi connectivity index (χ1n) is 5.93. The normalized spacial score (nSPS) is 10.4. The van der Waals surface area contributed by atoms with E-state index in [4.69, 9.17) is 9.47 Å². The fraction of sp³-hybridized carbons (Fsp3) is 0.583. The van der Waals surface area contributed by atoms with Crippen molar-refractivity contribution in [2.75, 3.05) is 13.2 Å². The number of rotatable bonds is 6. The molecular formula is C12H18N2O4. The van der Waals surface area contributed by atoms with Crippen molar-refractivity contribution in [1.29, 1.82) is 0 Å². The lowest BCUT2D eigenvalue weighted by molar-refractivity contribution is 0.0494. The molecule has 0 fully saturated rings. The van der Waals surface area contributed by atoms with Crippen LogP contribution in [0.5, 0.6) is 0 Å². The highest BCUT2D eigenvalue weighted by Gasteiger charge is 2.16. The Morgan fingerprint density at radius 3 is 2.78 bits per heavy atom. The maximum atomic E-state index is 11.7. The molecule has 0 unspecified atom stereocenters. The van der Waals surface area contributed by atoms with Crippen molar-refractivity contribution in [1.82, 2.24) is 9.78 Å². The molecule has 1 aromatic heterocycles. The fourth-order valence-corrected chi connectivity index (χ4v) is 1.37. The zero-order valence-corrected chi connectivity index (χ0v) is 10.9. The average molecular weight is 254 g/mol. The second-order valence-electron chi connectivity index (χ2n) is 3.79. The van der Waals surface area contributed by atoms with Crippen LogP contribution in [0.15, 0.2) is 11.0 Å². The number of carbonyl (C=O) groups is 1. The summed E-state index contributed by atoms with van der Waals surface area (Å²) >= 11 is 0. The van der Waals surface area contributed by atoms with Gasteiger partial charge in [-0.2, -0.15) is 5.10 Å². The van der Waals surface area contributed by atoms with Gasteiger partial charge in [0.2, 0.25) is 11.1 Å². The predicted molar refractivity (Wildman–Crippen MR) is 65.4 cm³/mol. The molecule has 0 radical (unpaired) electrons. The molecule has 6 heteroatoms. The molecule has 0 saturated heterocycles. The maximum absolute atomic E-state index is 11.7. The van der Waals surface area contributed by atoms with Crippen LogP contribution in [0.4, 0.5) is 0 Å². The number of hydrogen-bond donors (Lipinski definition) is 0. The highest BCUT2D eigenvalue weighted by molar-refractivity contribution is 5.87. The summed E-state index contributed by atoms with van der Waals surface area (Å²) in [6.07, 6.45) is 2.45. The number of esters is 1. The lowest BCUT2D eigenvalue weighted by atomic mass is 10.2. The summed E-state index contributed by atoms with van der Waals surface area (Å²) in [5.41, 5.74) is -0.162. The number of carbonyl (C=O) groups excluding carboxylic acids is 1. The smallest absolute Gasteiger partial charge is 0.362 e. The van der Waals surface area contributed by atoms with E-state index in [1.807, 2.05) is 6.92 Å². The average Bonchev–Trinajstić information content (AvgIpc) is 2.34. The molecule has 1 rings (SSSR count). The van der Waals surface area contributed by atoms with Gasteiger partial charge in [0.15, 0.2) is 0 Å². The molecule has 18 heavy (non-hydrogen) atoms. The Labute approximate surface area is 106 Å². The Kier molecular flexibility index (Phi) is 5.51. The molecule has 0 saturated carbocycles. The van der Waals surface area contributed by atoms with Gasteiger partial charge in [-0.15, -0.1) is 0 Å². The Hall–Kier alpha value is -1.69. The van der Waals surface area contributed by atoms with E-state index >= 15 is 0 Å². The summed E-state index contributed by atoms with van der Waals surface area (Å²) in [6.45, 7) is 6.32. The van der Waals surface area contributed by atoms with Gasteiger partial charge in [0.1, 0.15) is 6.73 Å². The molecule has 0 spiro atoms. The van der Waals surface area contributed by atoms with Crippen molar-refractivity contribution >= 4 is 5.97 Å². The number of ether oxygens (including phenoxy) is 2. The van der Waals surface area contributed by atoms with Crippen LogP contribution in [-0.4, -0.2) is 29.0 Å². The van der Waals surface area contributed by atoms with E-state index < -0.39 is 11.4 Å². The van der Waals surface area contributed by atoms with Crippen LogP contribution in [0.25, 0.3) is 0 Å². The minimum Gasteiger partial charge on any atom is -0.461 e. The Balaban J connectivity index is 2.95. The van der Waals surface area contributed by atoms with Crippen LogP contribution < -0.4 is 5.43 Å². The minimum atomic E-state index is -0.699. The van der Waals surface area contributed by atoms with E-state index in [2.05, 4.69) is 5.10 Å². The van der Waals surface area contributed by atoms with Crippen molar-refractivity contribution in [3.63, 3.8) is 0 Å². The molecule has 0 atom stereocenters. The van der Waals surface area contributed by atoms with Crippen LogP contribution in [0.3, 0.4) is 0 Å². The fourth-order valence-electron chi connectivity index (χ4n) is 1.37. The summed E-state index contributed by atoms with van der Waals surface area (Å²) in [7, 11) is 0. The Morgan fingerprint density at radius 1 is 1.44 bits per heavy atom. The molecular weight excluding hydrogens is 236 g/mol. The van der Waals surface area contributed by atoms with E-state index in [-0.39, 0.29) is 19.0 Å². The molecule has 100 valence electrons. The van der Waals surface area contributed by atoms with Gasteiger partial charge >= 0.3 is 5.97 Å². The van der Waals surface area contributed by atoms with E-state index in [9.17, 15) is 9.59 Å².